The minimum Gasteiger partial charge on any atom is -0.480 e. The van der Waals surface area contributed by atoms with Crippen molar-refractivity contribution in [3.05, 3.63) is 0 Å². The Hall–Kier alpha value is -1.79. The molecule has 0 spiro atoms. The van der Waals surface area contributed by atoms with Gasteiger partial charge in [-0.25, -0.2) is 9.59 Å². The Morgan fingerprint density at radius 2 is 1.95 bits per heavy atom. The van der Waals surface area contributed by atoms with E-state index in [0.29, 0.717) is 13.1 Å². The maximum absolute atomic E-state index is 12.1. The molecule has 0 aliphatic carbocycles. The lowest BCUT2D eigenvalue weighted by Gasteiger charge is -2.25. The third-order valence-corrected chi connectivity index (χ3v) is 3.63. The van der Waals surface area contributed by atoms with E-state index in [4.69, 9.17) is 10.8 Å². The summed E-state index contributed by atoms with van der Waals surface area (Å²) in [4.78, 5) is 35.4. The Kier molecular flexibility index (Phi) is 5.35. The highest BCUT2D eigenvalue weighted by Gasteiger charge is 2.28. The van der Waals surface area contributed by atoms with E-state index in [1.165, 1.54) is 0 Å². The monoisotopic (exact) mass is 285 g/mol. The van der Waals surface area contributed by atoms with Crippen LogP contribution in [0, 0.1) is 5.41 Å². The van der Waals surface area contributed by atoms with Gasteiger partial charge in [0.1, 0.15) is 6.04 Å². The van der Waals surface area contributed by atoms with Crippen molar-refractivity contribution in [2.75, 3.05) is 13.1 Å². The fourth-order valence-corrected chi connectivity index (χ4v) is 2.27. The van der Waals surface area contributed by atoms with Crippen LogP contribution in [0.5, 0.6) is 0 Å². The first-order valence-corrected chi connectivity index (χ1v) is 6.78. The molecule has 1 aliphatic rings. The average molecular weight is 285 g/mol. The topological polar surface area (TPSA) is 113 Å². The number of amides is 3. The molecule has 0 radical (unpaired) electrons. The Labute approximate surface area is 118 Å². The summed E-state index contributed by atoms with van der Waals surface area (Å²) in [6.45, 7) is 5.49. The number of aliphatic carboxylic acids is 1. The van der Waals surface area contributed by atoms with Crippen LogP contribution in [0.1, 0.15) is 39.5 Å². The smallest absolute Gasteiger partial charge is 0.326 e. The number of primary amides is 1. The van der Waals surface area contributed by atoms with Gasteiger partial charge in [-0.3, -0.25) is 4.79 Å². The van der Waals surface area contributed by atoms with E-state index in [9.17, 15) is 14.4 Å². The van der Waals surface area contributed by atoms with Gasteiger partial charge in [0.05, 0.1) is 6.42 Å². The minimum absolute atomic E-state index is 0.189. The van der Waals surface area contributed by atoms with E-state index < -0.39 is 30.4 Å². The molecule has 0 bridgehead atoms. The molecule has 1 aliphatic heterocycles. The first kappa shape index (κ1) is 16.3. The predicted octanol–water partition coefficient (Wildman–Crippen LogP) is 0.537. The second-order valence-electron chi connectivity index (χ2n) is 6.02. The van der Waals surface area contributed by atoms with Crippen LogP contribution in [0.4, 0.5) is 4.79 Å². The van der Waals surface area contributed by atoms with Gasteiger partial charge in [0.25, 0.3) is 0 Å². The molecule has 4 N–H and O–H groups in total. The van der Waals surface area contributed by atoms with Crippen molar-refractivity contribution in [2.45, 2.75) is 45.6 Å². The summed E-state index contributed by atoms with van der Waals surface area (Å²) in [7, 11) is 0. The fourth-order valence-electron chi connectivity index (χ4n) is 2.27. The Morgan fingerprint density at radius 3 is 2.50 bits per heavy atom. The van der Waals surface area contributed by atoms with E-state index in [2.05, 4.69) is 19.2 Å². The van der Waals surface area contributed by atoms with Gasteiger partial charge in [0.2, 0.25) is 5.91 Å². The van der Waals surface area contributed by atoms with Crippen molar-refractivity contribution >= 4 is 17.9 Å². The van der Waals surface area contributed by atoms with E-state index in [0.717, 1.165) is 19.3 Å². The number of nitrogens with two attached hydrogens (primary N) is 1. The van der Waals surface area contributed by atoms with Crippen LogP contribution in [0.25, 0.3) is 0 Å². The largest absolute Gasteiger partial charge is 0.480 e. The van der Waals surface area contributed by atoms with Crippen molar-refractivity contribution in [1.82, 2.24) is 10.2 Å². The molecule has 114 valence electrons. The first-order chi connectivity index (χ1) is 9.21. The second-order valence-corrected chi connectivity index (χ2v) is 6.02. The van der Waals surface area contributed by atoms with Gasteiger partial charge in [0.15, 0.2) is 0 Å². The highest BCUT2D eigenvalue weighted by molar-refractivity contribution is 5.87. The molecular weight excluding hydrogens is 262 g/mol. The third kappa shape index (κ3) is 5.07. The molecule has 1 atom stereocenters. The Bertz CT molecular complexity index is 395. The van der Waals surface area contributed by atoms with E-state index in [1.807, 2.05) is 0 Å². The molecule has 0 aromatic carbocycles. The molecule has 7 heteroatoms. The third-order valence-electron chi connectivity index (χ3n) is 3.63. The quantitative estimate of drug-likeness (QED) is 0.699. The summed E-state index contributed by atoms with van der Waals surface area (Å²) < 4.78 is 0. The maximum Gasteiger partial charge on any atom is 0.326 e. The molecule has 7 nitrogen and oxygen atoms in total. The van der Waals surface area contributed by atoms with Crippen LogP contribution in [-0.4, -0.2) is 47.0 Å². The normalized spacial score (nSPS) is 19.8. The summed E-state index contributed by atoms with van der Waals surface area (Å²) in [5.41, 5.74) is 5.17. The van der Waals surface area contributed by atoms with E-state index >= 15 is 0 Å². The lowest BCUT2D eigenvalue weighted by Crippen LogP contribution is -2.49. The minimum atomic E-state index is -1.27. The summed E-state index contributed by atoms with van der Waals surface area (Å²) in [5.74, 6) is -2.01. The number of hydrogen-bond donors (Lipinski definition) is 3. The number of rotatable bonds is 4. The maximum atomic E-state index is 12.1. The van der Waals surface area contributed by atoms with Crippen LogP contribution < -0.4 is 11.1 Å². The number of hydrogen-bond acceptors (Lipinski definition) is 3. The number of carbonyl (C=O) groups excluding carboxylic acids is 2. The van der Waals surface area contributed by atoms with Crippen molar-refractivity contribution in [1.29, 1.82) is 0 Å². The molecule has 1 saturated heterocycles. The molecular formula is C13H23N3O4. The molecule has 1 heterocycles. The molecule has 0 aromatic heterocycles. The van der Waals surface area contributed by atoms with Crippen molar-refractivity contribution in [2.24, 2.45) is 11.1 Å². The van der Waals surface area contributed by atoms with E-state index in [1.54, 1.807) is 4.90 Å². The average Bonchev–Trinajstić information content (AvgIpc) is 2.48. The number of nitrogens with zero attached hydrogens (tertiary/aromatic N) is 1. The second kappa shape index (κ2) is 6.58. The van der Waals surface area contributed by atoms with Gasteiger partial charge in [-0.15, -0.1) is 0 Å². The standard InChI is InChI=1S/C13H23N3O4/c1-13(2)4-3-6-16(7-5-13)12(20)15-9(11(18)19)8-10(14)17/h9H,3-8H2,1-2H3,(H2,14,17)(H,15,20)(H,18,19)/t9-/m1/s1. The Balaban J connectivity index is 2.60. The molecule has 0 aromatic rings. The van der Waals surface area contributed by atoms with Crippen LogP contribution in [0.15, 0.2) is 0 Å². The lowest BCUT2D eigenvalue weighted by molar-refractivity contribution is -0.140. The SMILES string of the molecule is CC1(C)CCCN(C(=O)N[C@H](CC(N)=O)C(=O)O)CC1. The summed E-state index contributed by atoms with van der Waals surface area (Å²) in [6.07, 6.45) is 2.38. The number of carbonyl (C=O) groups is 3. The van der Waals surface area contributed by atoms with Gasteiger partial charge in [-0.05, 0) is 24.7 Å². The zero-order valence-corrected chi connectivity index (χ0v) is 12.0. The molecule has 3 amide bonds. The zero-order valence-electron chi connectivity index (χ0n) is 12.0. The number of urea groups is 1. The molecule has 20 heavy (non-hydrogen) atoms. The molecule has 1 rings (SSSR count). The van der Waals surface area contributed by atoms with Gasteiger partial charge < -0.3 is 21.1 Å². The van der Waals surface area contributed by atoms with Gasteiger partial charge in [-0.1, -0.05) is 13.8 Å². The highest BCUT2D eigenvalue weighted by atomic mass is 16.4. The summed E-state index contributed by atoms with van der Waals surface area (Å²) >= 11 is 0. The highest BCUT2D eigenvalue weighted by Crippen LogP contribution is 2.29. The van der Waals surface area contributed by atoms with E-state index in [-0.39, 0.29) is 5.41 Å². The fraction of sp³-hybridized carbons (Fsp3) is 0.769. The van der Waals surface area contributed by atoms with Gasteiger partial charge in [-0.2, -0.15) is 0 Å². The van der Waals surface area contributed by atoms with Crippen LogP contribution >= 0.6 is 0 Å². The van der Waals surface area contributed by atoms with Crippen molar-refractivity contribution in [3.8, 4) is 0 Å². The summed E-state index contributed by atoms with van der Waals surface area (Å²) in [5, 5.41) is 11.3. The Morgan fingerprint density at radius 1 is 1.30 bits per heavy atom. The van der Waals surface area contributed by atoms with Crippen molar-refractivity contribution in [3.63, 3.8) is 0 Å². The molecule has 1 fully saturated rings. The number of likely N-dealkylation sites (tertiary alicyclic amines) is 1. The van der Waals surface area contributed by atoms with Crippen molar-refractivity contribution < 1.29 is 19.5 Å². The molecule has 0 saturated carbocycles. The van der Waals surface area contributed by atoms with Crippen LogP contribution in [0.3, 0.4) is 0 Å². The zero-order chi connectivity index (χ0) is 15.3. The number of carboxylic acids is 1. The van der Waals surface area contributed by atoms with Crippen LogP contribution in [0.2, 0.25) is 0 Å². The summed E-state index contributed by atoms with van der Waals surface area (Å²) in [6, 6.07) is -1.72. The first-order valence-electron chi connectivity index (χ1n) is 6.78. The van der Waals surface area contributed by atoms with Gasteiger partial charge in [0, 0.05) is 13.1 Å². The van der Waals surface area contributed by atoms with Gasteiger partial charge >= 0.3 is 12.0 Å². The number of nitrogens with one attached hydrogen (secondary N) is 1. The molecule has 0 unspecified atom stereocenters. The predicted molar refractivity (Wildman–Crippen MR) is 73.0 cm³/mol. The van der Waals surface area contributed by atoms with Crippen LogP contribution in [-0.2, 0) is 9.59 Å². The number of carboxylic acid groups (broad SMARTS) is 1. The lowest BCUT2D eigenvalue weighted by atomic mass is 9.85.